The van der Waals surface area contributed by atoms with E-state index in [0.29, 0.717) is 13.0 Å². The molecule has 1 heterocycles. The van der Waals surface area contributed by atoms with E-state index in [1.165, 1.54) is 0 Å². The Morgan fingerprint density at radius 1 is 1.17 bits per heavy atom. The van der Waals surface area contributed by atoms with Crippen LogP contribution in [0.4, 0.5) is 0 Å². The second-order valence-corrected chi connectivity index (χ2v) is 4.40. The van der Waals surface area contributed by atoms with Gasteiger partial charge in [-0.25, -0.2) is 0 Å². The minimum absolute atomic E-state index is 0.278. The van der Waals surface area contributed by atoms with Gasteiger partial charge in [-0.3, -0.25) is 19.2 Å². The normalized spacial score (nSPS) is 20.1. The molecule has 1 aliphatic heterocycles. The number of carboxylic acid groups (broad SMARTS) is 3. The minimum atomic E-state index is -1.21. The van der Waals surface area contributed by atoms with Gasteiger partial charge in [-0.05, 0) is 0 Å². The third kappa shape index (κ3) is 14.4. The lowest BCUT2D eigenvalue weighted by Gasteiger charge is -1.99. The highest BCUT2D eigenvalue weighted by atomic mass is 16.4. The van der Waals surface area contributed by atoms with Gasteiger partial charge in [0, 0.05) is 13.0 Å². The summed E-state index contributed by atoms with van der Waals surface area (Å²) in [4.78, 5) is 39.3. The Bertz CT molecular complexity index is 417. The zero-order valence-electron chi connectivity index (χ0n) is 12.2. The second-order valence-electron chi connectivity index (χ2n) is 4.40. The molecule has 1 unspecified atom stereocenters. The average Bonchev–Trinajstić information content (AvgIpc) is 2.86. The molecule has 0 spiro atoms. The Hall–Kier alpha value is -2.28. The summed E-state index contributed by atoms with van der Waals surface area (Å²) in [7, 11) is 0. The number of hydrogen-bond acceptors (Lipinski definition) is 8. The number of nitrogens with one attached hydrogen (secondary N) is 1. The van der Waals surface area contributed by atoms with Gasteiger partial charge in [-0.1, -0.05) is 0 Å². The average molecular weight is 338 g/mol. The molecule has 1 rings (SSSR count). The summed E-state index contributed by atoms with van der Waals surface area (Å²) >= 11 is 0. The topological polar surface area (TPSA) is 239 Å². The zero-order valence-corrected chi connectivity index (χ0v) is 12.2. The van der Waals surface area contributed by atoms with Gasteiger partial charge >= 0.3 is 17.9 Å². The highest BCUT2D eigenvalue weighted by molar-refractivity contribution is 5.83. The summed E-state index contributed by atoms with van der Waals surface area (Å²) in [6.45, 7) is 0.122. The van der Waals surface area contributed by atoms with Crippen molar-refractivity contribution in [2.45, 2.75) is 31.0 Å². The molecule has 1 amide bonds. The van der Waals surface area contributed by atoms with Gasteiger partial charge in [0.25, 0.3) is 0 Å². The van der Waals surface area contributed by atoms with E-state index >= 15 is 0 Å². The first kappa shape index (κ1) is 23.0. The Balaban J connectivity index is 0. The van der Waals surface area contributed by atoms with E-state index in [9.17, 15) is 19.2 Å². The maximum atomic E-state index is 10.2. The maximum absolute atomic E-state index is 10.2. The number of carbonyl (C=O) groups excluding carboxylic acids is 1. The number of carboxylic acids is 3. The van der Waals surface area contributed by atoms with E-state index < -0.39 is 42.0 Å². The van der Waals surface area contributed by atoms with Gasteiger partial charge in [-0.15, -0.1) is 0 Å². The summed E-state index contributed by atoms with van der Waals surface area (Å²) < 4.78 is 0. The van der Waals surface area contributed by atoms with E-state index in [2.05, 4.69) is 16.8 Å². The smallest absolute Gasteiger partial charge is 0.321 e. The molecule has 0 aliphatic carbocycles. The number of aliphatic hydroxyl groups excluding tert-OH is 1. The molecule has 12 nitrogen and oxygen atoms in total. The Morgan fingerprint density at radius 3 is 1.78 bits per heavy atom. The van der Waals surface area contributed by atoms with Gasteiger partial charge in [0.05, 0.1) is 19.1 Å². The van der Waals surface area contributed by atoms with Crippen molar-refractivity contribution in [1.29, 1.82) is 0 Å². The number of β-amino-alcohol motifs (C(OH)–C–C–N with tert-alkyl or cyclic N) is 1. The van der Waals surface area contributed by atoms with Gasteiger partial charge in [0.15, 0.2) is 0 Å². The van der Waals surface area contributed by atoms with Gasteiger partial charge in [0.2, 0.25) is 5.91 Å². The summed E-state index contributed by atoms with van der Waals surface area (Å²) in [6, 6.07) is -1.71. The highest BCUT2D eigenvalue weighted by Gasteiger charge is 2.27. The van der Waals surface area contributed by atoms with Crippen LogP contribution in [-0.4, -0.2) is 75.5 Å². The van der Waals surface area contributed by atoms with Crippen molar-refractivity contribution in [3.8, 4) is 0 Å². The van der Waals surface area contributed by atoms with Crippen LogP contribution in [0.1, 0.15) is 12.8 Å². The van der Waals surface area contributed by atoms with Crippen LogP contribution in [0.3, 0.4) is 0 Å². The molecule has 1 saturated heterocycles. The van der Waals surface area contributed by atoms with Gasteiger partial charge < -0.3 is 42.9 Å². The van der Waals surface area contributed by atoms with Crippen molar-refractivity contribution in [2.24, 2.45) is 17.2 Å². The van der Waals surface area contributed by atoms with Crippen LogP contribution in [0.15, 0.2) is 0 Å². The van der Waals surface area contributed by atoms with E-state index in [1.807, 2.05) is 0 Å². The molecular weight excluding hydrogens is 316 g/mol. The summed E-state index contributed by atoms with van der Waals surface area (Å²) in [5.41, 5.74) is 14.1. The minimum Gasteiger partial charge on any atom is -0.480 e. The SMILES string of the molecule is NC(=O)CC(N)C(=O)O.NCC(=O)O.O=C(O)[C@@H]1C[C@@H](O)CN1. The molecule has 23 heavy (non-hydrogen) atoms. The fourth-order valence-corrected chi connectivity index (χ4v) is 1.21. The van der Waals surface area contributed by atoms with Crippen molar-refractivity contribution in [3.63, 3.8) is 0 Å². The molecule has 1 fully saturated rings. The van der Waals surface area contributed by atoms with Crippen LogP contribution in [0.2, 0.25) is 0 Å². The van der Waals surface area contributed by atoms with Crippen LogP contribution in [-0.2, 0) is 19.2 Å². The van der Waals surface area contributed by atoms with E-state index in [1.54, 1.807) is 0 Å². The first-order valence-corrected chi connectivity index (χ1v) is 6.34. The molecular formula is C11H22N4O8. The van der Waals surface area contributed by atoms with Crippen LogP contribution >= 0.6 is 0 Å². The molecule has 134 valence electrons. The quantitative estimate of drug-likeness (QED) is 0.241. The largest absolute Gasteiger partial charge is 0.480 e. The van der Waals surface area contributed by atoms with Crippen LogP contribution in [0.5, 0.6) is 0 Å². The van der Waals surface area contributed by atoms with Crippen LogP contribution < -0.4 is 22.5 Å². The first-order valence-electron chi connectivity index (χ1n) is 6.34. The number of carbonyl (C=O) groups is 4. The summed E-state index contributed by atoms with van der Waals surface area (Å²) in [5, 5.41) is 35.5. The predicted octanol–water partition coefficient (Wildman–Crippen LogP) is -3.90. The van der Waals surface area contributed by atoms with Crippen molar-refractivity contribution >= 4 is 23.8 Å². The van der Waals surface area contributed by atoms with E-state index in [-0.39, 0.29) is 13.0 Å². The van der Waals surface area contributed by atoms with Crippen molar-refractivity contribution < 1.29 is 39.6 Å². The number of rotatable bonds is 5. The highest BCUT2D eigenvalue weighted by Crippen LogP contribution is 2.05. The molecule has 0 saturated carbocycles. The molecule has 1 aliphatic rings. The number of amides is 1. The number of aliphatic hydroxyl groups is 1. The lowest BCUT2D eigenvalue weighted by atomic mass is 10.2. The Labute approximate surface area is 131 Å². The Kier molecular flexibility index (Phi) is 12.3. The summed E-state index contributed by atoms with van der Waals surface area (Å²) in [6.07, 6.45) is -0.462. The standard InChI is InChI=1S/C5H9NO3.C4H8N2O3.C2H5NO2/c7-3-1-4(5(8)9)6-2-3;5-2(4(8)9)1-3(6)7;3-1-2(4)5/h3-4,6-7H,1-2H2,(H,8,9);2H,1,5H2,(H2,6,7)(H,8,9);1,3H2,(H,4,5)/t3-,4+;;/m1../s1. The molecule has 0 aromatic rings. The van der Waals surface area contributed by atoms with E-state index in [4.69, 9.17) is 26.2 Å². The second kappa shape index (κ2) is 12.3. The molecule has 0 bridgehead atoms. The van der Waals surface area contributed by atoms with Crippen LogP contribution in [0, 0.1) is 0 Å². The van der Waals surface area contributed by atoms with Crippen molar-refractivity contribution in [2.75, 3.05) is 13.1 Å². The molecule has 0 aromatic carbocycles. The Morgan fingerprint density at radius 2 is 1.65 bits per heavy atom. The van der Waals surface area contributed by atoms with Crippen molar-refractivity contribution in [3.05, 3.63) is 0 Å². The monoisotopic (exact) mass is 338 g/mol. The molecule has 12 heteroatoms. The first-order chi connectivity index (χ1) is 10.5. The molecule has 0 aromatic heterocycles. The van der Waals surface area contributed by atoms with Crippen LogP contribution in [0.25, 0.3) is 0 Å². The fourth-order valence-electron chi connectivity index (χ4n) is 1.21. The van der Waals surface area contributed by atoms with Gasteiger partial charge in [0.1, 0.15) is 12.1 Å². The number of nitrogens with two attached hydrogens (primary N) is 3. The van der Waals surface area contributed by atoms with Gasteiger partial charge in [-0.2, -0.15) is 0 Å². The zero-order chi connectivity index (χ0) is 18.6. The number of aliphatic carboxylic acids is 3. The molecule has 0 radical (unpaired) electrons. The predicted molar refractivity (Wildman–Crippen MR) is 76.2 cm³/mol. The maximum Gasteiger partial charge on any atom is 0.321 e. The third-order valence-corrected chi connectivity index (χ3v) is 2.32. The van der Waals surface area contributed by atoms with Crippen molar-refractivity contribution in [1.82, 2.24) is 5.32 Å². The molecule has 3 atom stereocenters. The number of primary amides is 1. The fraction of sp³-hybridized carbons (Fsp3) is 0.636. The molecule has 11 N–H and O–H groups in total. The third-order valence-electron chi connectivity index (χ3n) is 2.32. The summed E-state index contributed by atoms with van der Waals surface area (Å²) in [5.74, 6) is -3.77. The van der Waals surface area contributed by atoms with E-state index in [0.717, 1.165) is 0 Å². The lowest BCUT2D eigenvalue weighted by molar-refractivity contribution is -0.140. The number of hydrogen-bond donors (Lipinski definition) is 8. The lowest BCUT2D eigenvalue weighted by Crippen LogP contribution is -2.34.